The molecule has 1 heterocycles. The van der Waals surface area contributed by atoms with Crippen LogP contribution in [0.2, 0.25) is 0 Å². The second-order valence-electron chi connectivity index (χ2n) is 4.67. The highest BCUT2D eigenvalue weighted by Crippen LogP contribution is 2.27. The lowest BCUT2D eigenvalue weighted by atomic mass is 10.1. The Balaban J connectivity index is 2.02. The van der Waals surface area contributed by atoms with E-state index in [1.807, 2.05) is 25.1 Å². The van der Waals surface area contributed by atoms with E-state index in [0.717, 1.165) is 15.9 Å². The van der Waals surface area contributed by atoms with Crippen molar-refractivity contribution in [3.8, 4) is 0 Å². The Kier molecular flexibility index (Phi) is 4.80. The molecular formula is C15H15BrN2O3. The van der Waals surface area contributed by atoms with Gasteiger partial charge in [-0.05, 0) is 33.6 Å². The molecule has 0 radical (unpaired) electrons. The van der Waals surface area contributed by atoms with E-state index in [4.69, 9.17) is 9.52 Å². The number of halogens is 1. The summed E-state index contributed by atoms with van der Waals surface area (Å²) >= 11 is 3.42. The van der Waals surface area contributed by atoms with Gasteiger partial charge in [0.15, 0.2) is 0 Å². The number of rotatable bonds is 5. The molecule has 1 aromatic heterocycles. The van der Waals surface area contributed by atoms with Crippen LogP contribution in [0.1, 0.15) is 21.7 Å². The molecule has 110 valence electrons. The van der Waals surface area contributed by atoms with Gasteiger partial charge in [0, 0.05) is 20.2 Å². The average Bonchev–Trinajstić information content (AvgIpc) is 2.80. The molecule has 1 aromatic carbocycles. The van der Waals surface area contributed by atoms with Crippen molar-refractivity contribution in [2.45, 2.75) is 6.54 Å². The number of benzene rings is 1. The van der Waals surface area contributed by atoms with Gasteiger partial charge in [-0.25, -0.2) is 4.79 Å². The van der Waals surface area contributed by atoms with Crippen LogP contribution in [0.3, 0.4) is 0 Å². The van der Waals surface area contributed by atoms with Crippen LogP contribution < -0.4 is 4.90 Å². The van der Waals surface area contributed by atoms with Crippen molar-refractivity contribution in [3.05, 3.63) is 51.7 Å². The third-order valence-electron chi connectivity index (χ3n) is 2.79. The second kappa shape index (κ2) is 6.58. The van der Waals surface area contributed by atoms with Gasteiger partial charge in [-0.2, -0.15) is 0 Å². The zero-order valence-electron chi connectivity index (χ0n) is 11.7. The number of nitrogens with zero attached hydrogens (tertiary/aromatic N) is 2. The maximum atomic E-state index is 10.8. The Hall–Kier alpha value is -2.08. The van der Waals surface area contributed by atoms with E-state index < -0.39 is 5.97 Å². The molecule has 1 N–H and O–H groups in total. The van der Waals surface area contributed by atoms with Crippen LogP contribution in [-0.2, 0) is 6.54 Å². The second-order valence-corrected chi connectivity index (χ2v) is 5.52. The number of aromatic carboxylic acids is 1. The largest absolute Gasteiger partial charge is 0.478 e. The molecule has 0 saturated carbocycles. The van der Waals surface area contributed by atoms with E-state index in [0.29, 0.717) is 12.3 Å². The van der Waals surface area contributed by atoms with Crippen LogP contribution in [0.4, 0.5) is 5.88 Å². The summed E-state index contributed by atoms with van der Waals surface area (Å²) in [7, 11) is 3.79. The zero-order valence-corrected chi connectivity index (χ0v) is 13.3. The number of carboxylic acids is 1. The minimum atomic E-state index is -0.929. The first kappa shape index (κ1) is 15.3. The summed E-state index contributed by atoms with van der Waals surface area (Å²) in [6, 6.07) is 8.50. The maximum absolute atomic E-state index is 10.8. The highest BCUT2D eigenvalue weighted by atomic mass is 79.9. The fourth-order valence-corrected chi connectivity index (χ4v) is 2.40. The molecule has 21 heavy (non-hydrogen) atoms. The van der Waals surface area contributed by atoms with Gasteiger partial charge in [0.2, 0.25) is 5.88 Å². The van der Waals surface area contributed by atoms with Crippen LogP contribution in [0.15, 0.2) is 44.2 Å². The van der Waals surface area contributed by atoms with Gasteiger partial charge in [0.25, 0.3) is 0 Å². The van der Waals surface area contributed by atoms with Gasteiger partial charge in [0.05, 0.1) is 22.8 Å². The van der Waals surface area contributed by atoms with Gasteiger partial charge in [-0.3, -0.25) is 4.99 Å². The number of anilines is 1. The lowest BCUT2D eigenvalue weighted by molar-refractivity contribution is 0.0697. The molecule has 0 unspecified atom stereocenters. The SMILES string of the molecule is CN(C)c1oc(C=NCc2ccc(C(=O)O)cc2)cc1Br. The Morgan fingerprint density at radius 2 is 2.05 bits per heavy atom. The van der Waals surface area contributed by atoms with E-state index >= 15 is 0 Å². The van der Waals surface area contributed by atoms with Crippen LogP contribution >= 0.6 is 15.9 Å². The zero-order chi connectivity index (χ0) is 15.4. The number of carbonyl (C=O) groups is 1. The van der Waals surface area contributed by atoms with E-state index in [9.17, 15) is 4.79 Å². The standard InChI is InChI=1S/C15H15BrN2O3/c1-18(2)14-13(16)7-12(21-14)9-17-8-10-3-5-11(6-4-10)15(19)20/h3-7,9H,8H2,1-2H3,(H,19,20). The number of hydrogen-bond donors (Lipinski definition) is 1. The van der Waals surface area contributed by atoms with Crippen molar-refractivity contribution >= 4 is 34.0 Å². The van der Waals surface area contributed by atoms with Crippen molar-refractivity contribution in [2.24, 2.45) is 4.99 Å². The van der Waals surface area contributed by atoms with Gasteiger partial charge in [0.1, 0.15) is 5.76 Å². The number of aliphatic imine (C=N–C) groups is 1. The number of hydrogen-bond acceptors (Lipinski definition) is 4. The highest BCUT2D eigenvalue weighted by Gasteiger charge is 2.08. The minimum Gasteiger partial charge on any atom is -0.478 e. The lowest BCUT2D eigenvalue weighted by Gasteiger charge is -2.07. The van der Waals surface area contributed by atoms with E-state index in [-0.39, 0.29) is 5.56 Å². The molecule has 0 spiro atoms. The number of furan rings is 1. The van der Waals surface area contributed by atoms with Crippen LogP contribution in [-0.4, -0.2) is 31.4 Å². The van der Waals surface area contributed by atoms with Crippen LogP contribution in [0, 0.1) is 0 Å². The molecule has 0 amide bonds. The van der Waals surface area contributed by atoms with Crippen LogP contribution in [0.25, 0.3) is 0 Å². The first-order valence-corrected chi connectivity index (χ1v) is 7.05. The van der Waals surface area contributed by atoms with Crippen LogP contribution in [0.5, 0.6) is 0 Å². The van der Waals surface area contributed by atoms with E-state index in [1.165, 1.54) is 0 Å². The smallest absolute Gasteiger partial charge is 0.335 e. The quantitative estimate of drug-likeness (QED) is 0.839. The molecule has 0 aliphatic carbocycles. The predicted molar refractivity (Wildman–Crippen MR) is 85.4 cm³/mol. The molecule has 2 rings (SSSR count). The Labute approximate surface area is 131 Å². The summed E-state index contributed by atoms with van der Waals surface area (Å²) in [5, 5.41) is 8.82. The first-order chi connectivity index (χ1) is 9.97. The average molecular weight is 351 g/mol. The normalized spacial score (nSPS) is 11.0. The molecule has 6 heteroatoms. The summed E-state index contributed by atoms with van der Waals surface area (Å²) in [6.45, 7) is 0.468. The third kappa shape index (κ3) is 3.95. The van der Waals surface area contributed by atoms with E-state index in [2.05, 4.69) is 20.9 Å². The van der Waals surface area contributed by atoms with Crippen molar-refractivity contribution < 1.29 is 14.3 Å². The van der Waals surface area contributed by atoms with Gasteiger partial charge in [-0.15, -0.1) is 0 Å². The summed E-state index contributed by atoms with van der Waals surface area (Å²) in [4.78, 5) is 16.9. The summed E-state index contributed by atoms with van der Waals surface area (Å²) in [6.07, 6.45) is 1.66. The molecule has 0 aliphatic rings. The summed E-state index contributed by atoms with van der Waals surface area (Å²) in [5.41, 5.74) is 1.21. The molecule has 0 atom stereocenters. The molecular weight excluding hydrogens is 336 g/mol. The van der Waals surface area contributed by atoms with Crippen molar-refractivity contribution in [3.63, 3.8) is 0 Å². The van der Waals surface area contributed by atoms with Gasteiger partial charge >= 0.3 is 5.97 Å². The Bertz CT molecular complexity index is 660. The third-order valence-corrected chi connectivity index (χ3v) is 3.36. The molecule has 0 fully saturated rings. The van der Waals surface area contributed by atoms with Gasteiger partial charge < -0.3 is 14.4 Å². The fourth-order valence-electron chi connectivity index (χ4n) is 1.74. The molecule has 2 aromatic rings. The van der Waals surface area contributed by atoms with Gasteiger partial charge in [-0.1, -0.05) is 12.1 Å². The molecule has 0 bridgehead atoms. The molecule has 0 aliphatic heterocycles. The highest BCUT2D eigenvalue weighted by molar-refractivity contribution is 9.10. The van der Waals surface area contributed by atoms with Crippen molar-refractivity contribution in [1.82, 2.24) is 0 Å². The van der Waals surface area contributed by atoms with Crippen molar-refractivity contribution in [1.29, 1.82) is 0 Å². The lowest BCUT2D eigenvalue weighted by Crippen LogP contribution is -2.07. The summed E-state index contributed by atoms with van der Waals surface area (Å²) < 4.78 is 6.49. The summed E-state index contributed by atoms with van der Waals surface area (Å²) in [5.74, 6) is 0.469. The molecule has 5 nitrogen and oxygen atoms in total. The first-order valence-electron chi connectivity index (χ1n) is 6.26. The monoisotopic (exact) mass is 350 g/mol. The molecule has 0 saturated heterocycles. The van der Waals surface area contributed by atoms with E-state index in [1.54, 1.807) is 30.5 Å². The Morgan fingerprint density at radius 3 is 2.57 bits per heavy atom. The fraction of sp³-hybridized carbons (Fsp3) is 0.200. The number of carboxylic acid groups (broad SMARTS) is 1. The predicted octanol–water partition coefficient (Wildman–Crippen LogP) is 3.43. The topological polar surface area (TPSA) is 66.0 Å². The van der Waals surface area contributed by atoms with Crippen molar-refractivity contribution in [2.75, 3.05) is 19.0 Å². The Morgan fingerprint density at radius 1 is 1.38 bits per heavy atom. The minimum absolute atomic E-state index is 0.272. The maximum Gasteiger partial charge on any atom is 0.335 e.